The van der Waals surface area contributed by atoms with E-state index in [1.165, 1.54) is 24.5 Å². The molecule has 0 spiro atoms. The lowest BCUT2D eigenvalue weighted by Gasteiger charge is -2.19. The molecule has 102 valence electrons. The van der Waals surface area contributed by atoms with Crippen molar-refractivity contribution in [2.45, 2.75) is 20.0 Å². The summed E-state index contributed by atoms with van der Waals surface area (Å²) in [5.74, 6) is -1.71. The van der Waals surface area contributed by atoms with E-state index in [-0.39, 0.29) is 11.5 Å². The highest BCUT2D eigenvalue weighted by molar-refractivity contribution is 5.98. The van der Waals surface area contributed by atoms with E-state index in [9.17, 15) is 14.4 Å². The number of hydrogen-bond acceptors (Lipinski definition) is 5. The molecule has 1 atom stereocenters. The molecule has 0 unspecified atom stereocenters. The van der Waals surface area contributed by atoms with Crippen molar-refractivity contribution in [2.75, 3.05) is 0 Å². The summed E-state index contributed by atoms with van der Waals surface area (Å²) in [5, 5.41) is 1.89. The summed E-state index contributed by atoms with van der Waals surface area (Å²) in [4.78, 5) is 37.9. The number of nitrogens with zero attached hydrogens (tertiary/aromatic N) is 1. The first-order chi connectivity index (χ1) is 8.91. The van der Waals surface area contributed by atoms with Crippen LogP contribution in [0.5, 0.6) is 0 Å². The molecule has 19 heavy (non-hydrogen) atoms. The van der Waals surface area contributed by atoms with Crippen molar-refractivity contribution in [2.24, 2.45) is 11.7 Å². The zero-order valence-corrected chi connectivity index (χ0v) is 10.6. The lowest BCUT2D eigenvalue weighted by molar-refractivity contribution is -0.130. The van der Waals surface area contributed by atoms with E-state index in [1.54, 1.807) is 13.8 Å². The second kappa shape index (κ2) is 6.48. The number of hydrogen-bond donors (Lipinski definition) is 2. The van der Waals surface area contributed by atoms with Gasteiger partial charge in [0, 0.05) is 12.4 Å². The molecule has 1 rings (SSSR count). The molecule has 1 aromatic rings. The Balaban J connectivity index is 2.77. The number of esters is 1. The van der Waals surface area contributed by atoms with Gasteiger partial charge >= 0.3 is 12.0 Å². The topological polar surface area (TPSA) is 111 Å². The Labute approximate surface area is 110 Å². The number of pyridine rings is 1. The summed E-state index contributed by atoms with van der Waals surface area (Å²) in [5.41, 5.74) is 5.12. The molecule has 0 bridgehead atoms. The molecule has 1 heterocycles. The van der Waals surface area contributed by atoms with Crippen LogP contribution in [0.1, 0.15) is 24.2 Å². The number of carbonyl (C=O) groups excluding carboxylic acids is 3. The maximum Gasteiger partial charge on any atom is 0.339 e. The van der Waals surface area contributed by atoms with Gasteiger partial charge in [-0.1, -0.05) is 13.8 Å². The van der Waals surface area contributed by atoms with Gasteiger partial charge in [-0.05, 0) is 18.1 Å². The molecule has 7 heteroatoms. The van der Waals surface area contributed by atoms with Crippen LogP contribution in [0.3, 0.4) is 0 Å². The van der Waals surface area contributed by atoms with Gasteiger partial charge < -0.3 is 10.5 Å². The maximum atomic E-state index is 11.8. The first-order valence-electron chi connectivity index (χ1n) is 5.63. The molecule has 0 aliphatic heterocycles. The summed E-state index contributed by atoms with van der Waals surface area (Å²) in [7, 11) is 0. The van der Waals surface area contributed by atoms with Gasteiger partial charge in [0.2, 0.25) is 0 Å². The summed E-state index contributed by atoms with van der Waals surface area (Å²) in [6, 6.07) is 1.94. The Hall–Kier alpha value is -2.44. The van der Waals surface area contributed by atoms with Crippen LogP contribution in [0.2, 0.25) is 0 Å². The number of amides is 3. The Morgan fingerprint density at radius 1 is 1.26 bits per heavy atom. The fraction of sp³-hybridized carbons (Fsp3) is 0.333. The summed E-state index contributed by atoms with van der Waals surface area (Å²) < 4.78 is 5.07. The lowest BCUT2D eigenvalue weighted by Crippen LogP contribution is -2.45. The van der Waals surface area contributed by atoms with Gasteiger partial charge in [-0.3, -0.25) is 15.1 Å². The minimum atomic E-state index is -1.09. The van der Waals surface area contributed by atoms with E-state index < -0.39 is 24.0 Å². The van der Waals surface area contributed by atoms with E-state index in [2.05, 4.69) is 4.98 Å². The second-order valence-corrected chi connectivity index (χ2v) is 4.16. The molecular weight excluding hydrogens is 250 g/mol. The van der Waals surface area contributed by atoms with Gasteiger partial charge in [0.1, 0.15) is 0 Å². The third-order valence-corrected chi connectivity index (χ3v) is 2.26. The van der Waals surface area contributed by atoms with Crippen molar-refractivity contribution >= 4 is 17.9 Å². The number of rotatable bonds is 4. The molecule has 0 aliphatic carbocycles. The van der Waals surface area contributed by atoms with Crippen LogP contribution < -0.4 is 11.1 Å². The molecule has 0 aromatic carbocycles. The molecule has 3 N–H and O–H groups in total. The predicted molar refractivity (Wildman–Crippen MR) is 66.0 cm³/mol. The predicted octanol–water partition coefficient (Wildman–Crippen LogP) is 0.458. The third-order valence-electron chi connectivity index (χ3n) is 2.26. The quantitative estimate of drug-likeness (QED) is 0.768. The van der Waals surface area contributed by atoms with Crippen LogP contribution in [0.15, 0.2) is 24.5 Å². The highest BCUT2D eigenvalue weighted by Gasteiger charge is 2.27. The van der Waals surface area contributed by atoms with Gasteiger partial charge in [0.05, 0.1) is 5.56 Å². The molecule has 0 saturated heterocycles. The number of carbonyl (C=O) groups is 3. The lowest BCUT2D eigenvalue weighted by atomic mass is 10.1. The van der Waals surface area contributed by atoms with Crippen LogP contribution in [-0.4, -0.2) is 29.0 Å². The fourth-order valence-electron chi connectivity index (χ4n) is 1.36. The summed E-state index contributed by atoms with van der Waals surface area (Å²) >= 11 is 0. The van der Waals surface area contributed by atoms with Crippen LogP contribution in [0.4, 0.5) is 4.79 Å². The zero-order valence-electron chi connectivity index (χ0n) is 10.6. The van der Waals surface area contributed by atoms with Gasteiger partial charge in [0.15, 0.2) is 6.10 Å². The second-order valence-electron chi connectivity index (χ2n) is 4.16. The van der Waals surface area contributed by atoms with Crippen molar-refractivity contribution in [1.82, 2.24) is 10.3 Å². The Morgan fingerprint density at radius 2 is 1.84 bits per heavy atom. The maximum absolute atomic E-state index is 11.8. The van der Waals surface area contributed by atoms with Gasteiger partial charge in [-0.2, -0.15) is 0 Å². The summed E-state index contributed by atoms with van der Waals surface area (Å²) in [6.45, 7) is 3.37. The van der Waals surface area contributed by atoms with Crippen molar-refractivity contribution in [3.8, 4) is 0 Å². The number of imide groups is 1. The van der Waals surface area contributed by atoms with Crippen molar-refractivity contribution in [3.05, 3.63) is 30.1 Å². The van der Waals surface area contributed by atoms with Crippen LogP contribution in [0, 0.1) is 5.92 Å². The number of aromatic nitrogens is 1. The first-order valence-corrected chi connectivity index (χ1v) is 5.63. The largest absolute Gasteiger partial charge is 0.448 e. The average molecular weight is 265 g/mol. The Bertz CT molecular complexity index is 473. The number of nitrogens with two attached hydrogens (primary N) is 1. The highest BCUT2D eigenvalue weighted by atomic mass is 16.5. The molecule has 0 saturated carbocycles. The van der Waals surface area contributed by atoms with E-state index in [0.29, 0.717) is 0 Å². The molecule has 7 nitrogen and oxygen atoms in total. The highest BCUT2D eigenvalue weighted by Crippen LogP contribution is 2.10. The number of ether oxygens (including phenoxy) is 1. The number of urea groups is 1. The average Bonchev–Trinajstić information content (AvgIpc) is 2.35. The number of primary amides is 1. The molecular formula is C12H15N3O4. The normalized spacial score (nSPS) is 11.7. The SMILES string of the molecule is CC(C)[C@@H](OC(=O)c1ccncc1)C(=O)NC(N)=O. The first kappa shape index (κ1) is 14.6. The van der Waals surface area contributed by atoms with Crippen LogP contribution in [-0.2, 0) is 9.53 Å². The van der Waals surface area contributed by atoms with E-state index in [0.717, 1.165) is 0 Å². The van der Waals surface area contributed by atoms with Crippen LogP contribution >= 0.6 is 0 Å². The molecule has 3 amide bonds. The van der Waals surface area contributed by atoms with Crippen molar-refractivity contribution < 1.29 is 19.1 Å². The van der Waals surface area contributed by atoms with Crippen molar-refractivity contribution in [3.63, 3.8) is 0 Å². The minimum absolute atomic E-state index is 0.271. The minimum Gasteiger partial charge on any atom is -0.448 e. The van der Waals surface area contributed by atoms with E-state index in [1.807, 2.05) is 5.32 Å². The monoisotopic (exact) mass is 265 g/mol. The Kier molecular flexibility index (Phi) is 4.99. The molecule has 0 radical (unpaired) electrons. The van der Waals surface area contributed by atoms with Gasteiger partial charge in [0.25, 0.3) is 5.91 Å². The van der Waals surface area contributed by atoms with Crippen molar-refractivity contribution in [1.29, 1.82) is 0 Å². The third kappa shape index (κ3) is 4.38. The molecule has 1 aromatic heterocycles. The van der Waals surface area contributed by atoms with E-state index in [4.69, 9.17) is 10.5 Å². The number of nitrogens with one attached hydrogen (secondary N) is 1. The Morgan fingerprint density at radius 3 is 2.32 bits per heavy atom. The van der Waals surface area contributed by atoms with Gasteiger partial charge in [-0.15, -0.1) is 0 Å². The standard InChI is InChI=1S/C12H15N3O4/c1-7(2)9(10(16)15-12(13)18)19-11(17)8-3-5-14-6-4-8/h3-7,9H,1-2H3,(H3,13,15,16,18)/t9-/m1/s1. The van der Waals surface area contributed by atoms with Gasteiger partial charge in [-0.25, -0.2) is 9.59 Å². The fourth-order valence-corrected chi connectivity index (χ4v) is 1.36. The smallest absolute Gasteiger partial charge is 0.339 e. The molecule has 0 aliphatic rings. The van der Waals surface area contributed by atoms with Crippen LogP contribution in [0.25, 0.3) is 0 Å². The summed E-state index contributed by atoms with van der Waals surface area (Å²) in [6.07, 6.45) is 1.78. The molecule has 0 fully saturated rings. The van der Waals surface area contributed by atoms with E-state index >= 15 is 0 Å². The zero-order chi connectivity index (χ0) is 14.4.